The van der Waals surface area contributed by atoms with Gasteiger partial charge < -0.3 is 0 Å². The maximum Gasteiger partial charge on any atom is 0.152 e. The molecule has 0 spiro atoms. The molecule has 0 fully saturated rings. The predicted octanol–water partition coefficient (Wildman–Crippen LogP) is 32.9. The fraction of sp³-hybridized carbons (Fsp3) is 0.600. The zero-order valence-electron chi connectivity index (χ0n) is 84.4. The maximum absolute atomic E-state index is 4.71. The number of nitrogens with zero attached hydrogens (tertiary/aromatic N) is 10. The maximum atomic E-state index is 4.71. The molecule has 7 heterocycles. The van der Waals surface area contributed by atoms with Gasteiger partial charge in [0.2, 0.25) is 0 Å². The first-order valence-corrected chi connectivity index (χ1v) is 50.6. The second kappa shape index (κ2) is 51.3. The van der Waals surface area contributed by atoms with Crippen molar-refractivity contribution in [3.63, 3.8) is 0 Å². The Hall–Kier alpha value is -5.01. The van der Waals surface area contributed by atoms with E-state index in [1.54, 1.807) is 6.33 Å². The van der Waals surface area contributed by atoms with Gasteiger partial charge in [0.25, 0.3) is 0 Å². The summed E-state index contributed by atoms with van der Waals surface area (Å²) < 4.78 is 0. The summed E-state index contributed by atoms with van der Waals surface area (Å²) in [5.41, 5.74) is 14.5. The van der Waals surface area contributed by atoms with Crippen LogP contribution in [-0.2, 0) is 37.9 Å². The number of hydrogen-bond donors (Lipinski definition) is 0. The van der Waals surface area contributed by atoms with Crippen molar-refractivity contribution in [1.29, 1.82) is 0 Å². The van der Waals surface area contributed by atoms with E-state index in [1.165, 1.54) is 21.8 Å². The van der Waals surface area contributed by atoms with Gasteiger partial charge in [-0.15, -0.1) is 82.3 Å². The highest BCUT2D eigenvalue weighted by molar-refractivity contribution is 8.03. The van der Waals surface area contributed by atoms with E-state index in [9.17, 15) is 0 Å². The van der Waals surface area contributed by atoms with E-state index in [0.717, 1.165) is 96.8 Å². The molecule has 0 radical (unpaired) electrons. The van der Waals surface area contributed by atoms with E-state index in [2.05, 4.69) is 448 Å². The van der Waals surface area contributed by atoms with E-state index in [0.29, 0.717) is 37.9 Å². The van der Waals surface area contributed by atoms with Gasteiger partial charge >= 0.3 is 0 Å². The minimum absolute atomic E-state index is 0.00238. The van der Waals surface area contributed by atoms with E-state index in [4.69, 9.17) is 4.98 Å². The minimum Gasteiger partial charge on any atom is -0.257 e. The van der Waals surface area contributed by atoms with Crippen molar-refractivity contribution in [2.24, 2.45) is 37.9 Å². The molecule has 0 saturated carbocycles. The Morgan fingerprint density at radius 1 is 0.254 bits per heavy atom. The van der Waals surface area contributed by atoms with Crippen molar-refractivity contribution in [3.05, 3.63) is 205 Å². The second-order valence-corrected chi connectivity index (χ2v) is 53.3. The first kappa shape index (κ1) is 115. The van der Waals surface area contributed by atoms with Crippen molar-refractivity contribution in [2.75, 3.05) is 40.3 Å². The van der Waals surface area contributed by atoms with Gasteiger partial charge in [0.15, 0.2) is 5.82 Å². The van der Waals surface area contributed by atoms with Crippen molar-refractivity contribution >= 4 is 113 Å². The monoisotopic (exact) mass is 1790 g/mol. The van der Waals surface area contributed by atoms with Crippen LogP contribution >= 0.6 is 82.3 Å². The molecule has 0 aliphatic rings. The standard InChI is InChI=1S/2C16H25NS.3C15H24N2S.2C14H23NS/c1-15(2,3)12-18-10-8-14-11-13(7-9-17-14)16(4,5)6;1-15(2,3)12-18-11-10-13-8-7-9-14(17-13)16(4,5)6;1-14(2,3)11-18-10-8-13-16-9-7-12(17-13)15(4,5)6;1-14(2,3)11-18-10-8-12-7-9-16-13(17-12)15(4,5)6;1-14(2,3)10-18-8-7-12-9-13(15(4,5)6)17-11-16-12;1-13(2,3)10-16-12-11(14(4,5)6)8-7-9-15-12;1-13(2,3)10-16-12-9-7-8-11(15-12)14(4,5)6/h2*7-11H,12H2,1-6H3;2*7-10H,11H2,1-6H3;7-9,11H,10H2,1-6H3;2*7-9H,10H2,1-6H3/b10-8+;11-10+;2*10-8+;8-7+;;. The molecule has 7 rings (SSSR count). The van der Waals surface area contributed by atoms with Crippen LogP contribution in [0.4, 0.5) is 0 Å². The molecular weight excluding hydrogens is 1630 g/mol. The third-order valence-electron chi connectivity index (χ3n) is 16.0. The van der Waals surface area contributed by atoms with E-state index in [-0.39, 0.29) is 37.9 Å². The molecule has 17 heteroatoms. The lowest BCUT2D eigenvalue weighted by atomic mass is 9.87. The fourth-order valence-corrected chi connectivity index (χ4v) is 15.5. The van der Waals surface area contributed by atoms with Gasteiger partial charge in [-0.3, -0.25) is 9.97 Å². The van der Waals surface area contributed by atoms with E-state index < -0.39 is 0 Å². The molecule has 0 aliphatic carbocycles. The van der Waals surface area contributed by atoms with Crippen LogP contribution in [0.5, 0.6) is 0 Å². The molecule has 0 saturated heterocycles. The van der Waals surface area contributed by atoms with Crippen LogP contribution in [-0.4, -0.2) is 90.1 Å². The highest BCUT2D eigenvalue weighted by Gasteiger charge is 2.24. The molecule has 0 bridgehead atoms. The van der Waals surface area contributed by atoms with E-state index >= 15 is 0 Å². The molecule has 0 amide bonds. The molecule has 0 unspecified atom stereocenters. The van der Waals surface area contributed by atoms with Crippen LogP contribution in [0.15, 0.2) is 147 Å². The molecule has 0 N–H and O–H groups in total. The van der Waals surface area contributed by atoms with Gasteiger partial charge in [-0.05, 0) is 178 Å². The highest BCUT2D eigenvalue weighted by atomic mass is 32.2. The summed E-state index contributed by atoms with van der Waals surface area (Å²) in [5, 5.41) is 13.0. The van der Waals surface area contributed by atoms with Gasteiger partial charge in [0.05, 0.1) is 32.8 Å². The zero-order chi connectivity index (χ0) is 93.9. The minimum atomic E-state index is 0.00238. The predicted molar refractivity (Wildman–Crippen MR) is 559 cm³/mol. The smallest absolute Gasteiger partial charge is 0.152 e. The third-order valence-corrected chi connectivity index (χ3v) is 26.0. The number of aromatic nitrogens is 10. The molecule has 10 nitrogen and oxygen atoms in total. The molecule has 680 valence electrons. The summed E-state index contributed by atoms with van der Waals surface area (Å²) in [5.74, 6) is 9.48. The third kappa shape index (κ3) is 58.4. The summed E-state index contributed by atoms with van der Waals surface area (Å²) in [6.45, 7) is 93.3. The number of rotatable bonds is 19. The Bertz CT molecular complexity index is 3810. The van der Waals surface area contributed by atoms with Crippen molar-refractivity contribution in [1.82, 2.24) is 49.8 Å². The zero-order valence-corrected chi connectivity index (χ0v) is 90.2. The average molecular weight is 1800 g/mol. The van der Waals surface area contributed by atoms with Gasteiger partial charge in [-0.2, -0.15) is 0 Å². The second-order valence-electron chi connectivity index (χ2n) is 46.9. The summed E-state index contributed by atoms with van der Waals surface area (Å²) in [6.07, 6.45) is 19.4. The van der Waals surface area contributed by atoms with Crippen molar-refractivity contribution in [2.45, 2.75) is 339 Å². The lowest BCUT2D eigenvalue weighted by Crippen LogP contribution is -2.16. The molecule has 122 heavy (non-hydrogen) atoms. The largest absolute Gasteiger partial charge is 0.257 e. The fourth-order valence-electron chi connectivity index (χ4n) is 9.18. The Kier molecular flexibility index (Phi) is 48.3. The van der Waals surface area contributed by atoms with Gasteiger partial charge in [-0.1, -0.05) is 309 Å². The van der Waals surface area contributed by atoms with Gasteiger partial charge in [0.1, 0.15) is 12.2 Å². The van der Waals surface area contributed by atoms with Crippen LogP contribution in [0.25, 0.3) is 30.4 Å². The molecule has 0 aromatic carbocycles. The first-order valence-electron chi connectivity index (χ1n) is 43.3. The normalized spacial score (nSPS) is 13.1. The number of pyridine rings is 4. The number of thioether (sulfide) groups is 7. The molecule has 7 aromatic heterocycles. The summed E-state index contributed by atoms with van der Waals surface area (Å²) >= 11 is 12.9. The topological polar surface area (TPSA) is 129 Å². The first-order chi connectivity index (χ1) is 55.3. The quantitative estimate of drug-likeness (QED) is 0.0711. The molecular formula is C105H168N10S7. The van der Waals surface area contributed by atoms with Crippen LogP contribution in [0, 0.1) is 37.9 Å². The summed E-state index contributed by atoms with van der Waals surface area (Å²) in [7, 11) is 0. The lowest BCUT2D eigenvalue weighted by Gasteiger charge is -2.23. The SMILES string of the molecule is CC(C)(C)CS/C=C/c1cc(C(C)(C)C)ccn1.CC(C)(C)CS/C=C/c1cc(C(C)(C)C)ncn1.CC(C)(C)CS/C=C/c1cccc(C(C)(C)C)n1.CC(C)(C)CS/C=C/c1ccnc(C(C)(C)C)n1.CC(C)(C)CS/C=C/c1nccc(C(C)(C)C)n1.CC(C)(C)CSc1cccc(C(C)(C)C)n1.CC(C)(C)CSc1ncccc1C(C)(C)C. The van der Waals surface area contributed by atoms with Gasteiger partial charge in [0, 0.05) is 115 Å². The Morgan fingerprint density at radius 3 is 1.07 bits per heavy atom. The number of hydrogen-bond acceptors (Lipinski definition) is 17. The Morgan fingerprint density at radius 2 is 0.639 bits per heavy atom. The van der Waals surface area contributed by atoms with Gasteiger partial charge in [-0.25, -0.2) is 39.9 Å². The van der Waals surface area contributed by atoms with Crippen LogP contribution in [0.1, 0.15) is 359 Å². The Labute approximate surface area is 778 Å². The molecule has 7 aromatic rings. The lowest BCUT2D eigenvalue weighted by molar-refractivity contribution is 0.479. The van der Waals surface area contributed by atoms with Crippen molar-refractivity contribution in [3.8, 4) is 0 Å². The van der Waals surface area contributed by atoms with Crippen molar-refractivity contribution < 1.29 is 0 Å². The average Bonchev–Trinajstić information content (AvgIpc) is 0.723. The molecule has 0 aliphatic heterocycles. The summed E-state index contributed by atoms with van der Waals surface area (Å²) in [6, 6.07) is 27.1. The highest BCUT2D eigenvalue weighted by Crippen LogP contribution is 2.36. The van der Waals surface area contributed by atoms with Crippen LogP contribution in [0.2, 0.25) is 0 Å². The van der Waals surface area contributed by atoms with Crippen LogP contribution in [0.3, 0.4) is 0 Å². The van der Waals surface area contributed by atoms with E-state index in [1.807, 2.05) is 131 Å². The van der Waals surface area contributed by atoms with Crippen LogP contribution < -0.4 is 0 Å². The Balaban J connectivity index is 0.000000712. The summed E-state index contributed by atoms with van der Waals surface area (Å²) in [4.78, 5) is 44.6. The molecule has 0 atom stereocenters.